The van der Waals surface area contributed by atoms with E-state index in [0.717, 1.165) is 5.01 Å². The van der Waals surface area contributed by atoms with Crippen LogP contribution in [0.2, 0.25) is 5.02 Å². The summed E-state index contributed by atoms with van der Waals surface area (Å²) in [6.45, 7) is 1.99. The Bertz CT molecular complexity index is 491. The van der Waals surface area contributed by atoms with Crippen LogP contribution in [0.3, 0.4) is 0 Å². The van der Waals surface area contributed by atoms with Crippen molar-refractivity contribution in [1.29, 1.82) is 0 Å². The van der Waals surface area contributed by atoms with Crippen molar-refractivity contribution in [3.63, 3.8) is 0 Å². The van der Waals surface area contributed by atoms with Gasteiger partial charge < -0.3 is 10.1 Å². The van der Waals surface area contributed by atoms with Crippen LogP contribution in [0.1, 0.15) is 18.0 Å². The van der Waals surface area contributed by atoms with E-state index >= 15 is 0 Å². The minimum absolute atomic E-state index is 0.0344. The molecule has 5 nitrogen and oxygen atoms in total. The summed E-state index contributed by atoms with van der Waals surface area (Å²) in [4.78, 5) is 12.3. The number of aromatic nitrogens is 3. The number of hydrogen-bond donors (Lipinski definition) is 1. The molecule has 0 bridgehead atoms. The molecule has 2 aromatic heterocycles. The zero-order chi connectivity index (χ0) is 12.3. The van der Waals surface area contributed by atoms with Crippen LogP contribution in [-0.2, 0) is 0 Å². The fourth-order valence-electron chi connectivity index (χ4n) is 1.27. The summed E-state index contributed by atoms with van der Waals surface area (Å²) in [7, 11) is 1.51. The number of halogens is 1. The average molecular weight is 271 g/mol. The van der Waals surface area contributed by atoms with E-state index in [9.17, 15) is 0 Å². The number of rotatable bonds is 4. The maximum Gasteiger partial charge on any atom is 0.318 e. The van der Waals surface area contributed by atoms with Gasteiger partial charge in [-0.05, 0) is 6.92 Å². The molecule has 0 aromatic carbocycles. The van der Waals surface area contributed by atoms with Gasteiger partial charge in [-0.2, -0.15) is 4.98 Å². The van der Waals surface area contributed by atoms with Crippen LogP contribution in [0.5, 0.6) is 6.01 Å². The summed E-state index contributed by atoms with van der Waals surface area (Å²) in [5, 5.41) is 6.52. The lowest BCUT2D eigenvalue weighted by atomic mass is 10.3. The zero-order valence-electron chi connectivity index (χ0n) is 9.35. The molecular weight excluding hydrogens is 260 g/mol. The molecule has 0 aliphatic heterocycles. The third-order valence-electron chi connectivity index (χ3n) is 2.08. The third kappa shape index (κ3) is 2.83. The number of thiazole rings is 1. The first kappa shape index (κ1) is 12.1. The van der Waals surface area contributed by atoms with Gasteiger partial charge in [0.15, 0.2) is 5.82 Å². The van der Waals surface area contributed by atoms with Gasteiger partial charge in [0.25, 0.3) is 0 Å². The Hall–Kier alpha value is -1.40. The largest absolute Gasteiger partial charge is 0.467 e. The number of nitrogens with zero attached hydrogens (tertiary/aromatic N) is 3. The van der Waals surface area contributed by atoms with Crippen molar-refractivity contribution in [1.82, 2.24) is 15.0 Å². The summed E-state index contributed by atoms with van der Waals surface area (Å²) in [5.74, 6) is 0.543. The van der Waals surface area contributed by atoms with E-state index < -0.39 is 0 Å². The fraction of sp³-hybridized carbons (Fsp3) is 0.300. The molecule has 2 rings (SSSR count). The maximum absolute atomic E-state index is 6.00. The second-order valence-electron chi connectivity index (χ2n) is 3.29. The second kappa shape index (κ2) is 5.29. The standard InChI is InChI=1S/C10H11ClN4OS/c1-6(9-12-3-4-17-9)14-8-7(11)5-13-10(15-8)16-2/h3-6H,1-2H3,(H,13,14,15). The Labute approximate surface area is 108 Å². The SMILES string of the molecule is COc1ncc(Cl)c(NC(C)c2nccs2)n1. The van der Waals surface area contributed by atoms with E-state index in [0.29, 0.717) is 10.8 Å². The number of nitrogens with one attached hydrogen (secondary N) is 1. The summed E-state index contributed by atoms with van der Waals surface area (Å²) >= 11 is 7.57. The first-order valence-corrected chi connectivity index (χ1v) is 6.19. The van der Waals surface area contributed by atoms with Crippen molar-refractivity contribution in [2.24, 2.45) is 0 Å². The molecule has 0 fully saturated rings. The number of hydrogen-bond acceptors (Lipinski definition) is 6. The molecule has 2 heterocycles. The molecular formula is C10H11ClN4OS. The minimum Gasteiger partial charge on any atom is -0.467 e. The molecule has 0 aliphatic rings. The van der Waals surface area contributed by atoms with Crippen molar-refractivity contribution in [2.75, 3.05) is 12.4 Å². The van der Waals surface area contributed by atoms with Crippen molar-refractivity contribution < 1.29 is 4.74 Å². The number of anilines is 1. The fourth-order valence-corrected chi connectivity index (χ4v) is 2.06. The quantitative estimate of drug-likeness (QED) is 0.926. The van der Waals surface area contributed by atoms with Crippen LogP contribution in [0, 0.1) is 0 Å². The Balaban J connectivity index is 2.18. The number of methoxy groups -OCH3 is 1. The minimum atomic E-state index is 0.0344. The topological polar surface area (TPSA) is 59.9 Å². The van der Waals surface area contributed by atoms with Gasteiger partial charge in [-0.3, -0.25) is 0 Å². The molecule has 0 spiro atoms. The van der Waals surface area contributed by atoms with E-state index in [1.807, 2.05) is 12.3 Å². The van der Waals surface area contributed by atoms with Gasteiger partial charge in [0.05, 0.1) is 19.3 Å². The van der Waals surface area contributed by atoms with Gasteiger partial charge in [0.1, 0.15) is 10.0 Å². The van der Waals surface area contributed by atoms with E-state index in [-0.39, 0.29) is 12.1 Å². The molecule has 0 aliphatic carbocycles. The maximum atomic E-state index is 6.00. The van der Waals surface area contributed by atoms with Crippen molar-refractivity contribution in [2.45, 2.75) is 13.0 Å². The van der Waals surface area contributed by atoms with E-state index in [1.165, 1.54) is 13.3 Å². The normalized spacial score (nSPS) is 12.2. The highest BCUT2D eigenvalue weighted by Gasteiger charge is 2.12. The lowest BCUT2D eigenvalue weighted by molar-refractivity contribution is 0.380. The van der Waals surface area contributed by atoms with E-state index in [4.69, 9.17) is 16.3 Å². The number of ether oxygens (including phenoxy) is 1. The zero-order valence-corrected chi connectivity index (χ0v) is 10.9. The third-order valence-corrected chi connectivity index (χ3v) is 3.31. The molecule has 1 atom stereocenters. The lowest BCUT2D eigenvalue weighted by Crippen LogP contribution is -2.09. The van der Waals surface area contributed by atoms with Crippen LogP contribution in [0.4, 0.5) is 5.82 Å². The Kier molecular flexibility index (Phi) is 3.75. The Morgan fingerprint density at radius 2 is 2.29 bits per heavy atom. The summed E-state index contributed by atoms with van der Waals surface area (Å²) in [6.07, 6.45) is 3.27. The van der Waals surface area contributed by atoms with E-state index in [2.05, 4.69) is 20.3 Å². The molecule has 2 aromatic rings. The van der Waals surface area contributed by atoms with Crippen LogP contribution >= 0.6 is 22.9 Å². The Morgan fingerprint density at radius 1 is 1.47 bits per heavy atom. The molecule has 0 saturated carbocycles. The van der Waals surface area contributed by atoms with Gasteiger partial charge in [-0.25, -0.2) is 9.97 Å². The highest BCUT2D eigenvalue weighted by molar-refractivity contribution is 7.09. The molecule has 0 radical (unpaired) electrons. The Morgan fingerprint density at radius 3 is 2.94 bits per heavy atom. The molecule has 1 unspecified atom stereocenters. The molecule has 1 N–H and O–H groups in total. The molecule has 7 heteroatoms. The summed E-state index contributed by atoms with van der Waals surface area (Å²) in [6, 6.07) is 0.315. The lowest BCUT2D eigenvalue weighted by Gasteiger charge is -2.13. The molecule has 0 amide bonds. The summed E-state index contributed by atoms with van der Waals surface area (Å²) < 4.78 is 4.95. The predicted octanol–water partition coefficient (Wildman–Crippen LogP) is 2.77. The van der Waals surface area contributed by atoms with Gasteiger partial charge in [-0.1, -0.05) is 11.6 Å². The van der Waals surface area contributed by atoms with Gasteiger partial charge in [-0.15, -0.1) is 11.3 Å². The highest BCUT2D eigenvalue weighted by atomic mass is 35.5. The van der Waals surface area contributed by atoms with Crippen LogP contribution in [-0.4, -0.2) is 22.1 Å². The first-order chi connectivity index (χ1) is 8.20. The van der Waals surface area contributed by atoms with Crippen molar-refractivity contribution in [3.8, 4) is 6.01 Å². The first-order valence-electron chi connectivity index (χ1n) is 4.93. The highest BCUT2D eigenvalue weighted by Crippen LogP contribution is 2.25. The van der Waals surface area contributed by atoms with Crippen LogP contribution < -0.4 is 10.1 Å². The summed E-state index contributed by atoms with van der Waals surface area (Å²) in [5.41, 5.74) is 0. The monoisotopic (exact) mass is 270 g/mol. The van der Waals surface area contributed by atoms with Gasteiger partial charge >= 0.3 is 6.01 Å². The molecule has 90 valence electrons. The van der Waals surface area contributed by atoms with E-state index in [1.54, 1.807) is 17.5 Å². The molecule has 0 saturated heterocycles. The van der Waals surface area contributed by atoms with Crippen LogP contribution in [0.25, 0.3) is 0 Å². The van der Waals surface area contributed by atoms with Crippen LogP contribution in [0.15, 0.2) is 17.8 Å². The molecule has 17 heavy (non-hydrogen) atoms. The van der Waals surface area contributed by atoms with Gasteiger partial charge in [0, 0.05) is 11.6 Å². The second-order valence-corrected chi connectivity index (χ2v) is 4.62. The average Bonchev–Trinajstić information content (AvgIpc) is 2.85. The predicted molar refractivity (Wildman–Crippen MR) is 67.7 cm³/mol. The van der Waals surface area contributed by atoms with Gasteiger partial charge in [0.2, 0.25) is 0 Å². The van der Waals surface area contributed by atoms with Crippen molar-refractivity contribution >= 4 is 28.8 Å². The van der Waals surface area contributed by atoms with Crippen molar-refractivity contribution in [3.05, 3.63) is 27.8 Å². The smallest absolute Gasteiger partial charge is 0.318 e.